The summed E-state index contributed by atoms with van der Waals surface area (Å²) in [5, 5.41) is 2.41. The van der Waals surface area contributed by atoms with Crippen molar-refractivity contribution in [1.82, 2.24) is 0 Å². The van der Waals surface area contributed by atoms with Crippen molar-refractivity contribution >= 4 is 21.9 Å². The van der Waals surface area contributed by atoms with E-state index in [2.05, 4.69) is 62.4 Å². The fraction of sp³-hybridized carbons (Fsp3) is 0.333. The number of furan rings is 2. The van der Waals surface area contributed by atoms with E-state index in [1.165, 1.54) is 21.9 Å². The lowest BCUT2D eigenvalue weighted by Crippen LogP contribution is -2.10. The summed E-state index contributed by atoms with van der Waals surface area (Å²) in [5.41, 5.74) is 4.75. The molecule has 0 aliphatic rings. The minimum atomic E-state index is 0.491. The van der Waals surface area contributed by atoms with Gasteiger partial charge in [0.15, 0.2) is 0 Å². The molecule has 0 unspecified atom stereocenters. The summed E-state index contributed by atoms with van der Waals surface area (Å²) in [6.45, 7) is 8.60. The van der Waals surface area contributed by atoms with Gasteiger partial charge in [-0.15, -0.1) is 0 Å². The highest BCUT2D eigenvalue weighted by Gasteiger charge is 2.23. The number of hydrogen-bond donors (Lipinski definition) is 0. The Morgan fingerprint density at radius 3 is 1.46 bits per heavy atom. The van der Waals surface area contributed by atoms with Crippen LogP contribution in [0.1, 0.15) is 61.2 Å². The first-order chi connectivity index (χ1) is 12.6. The molecule has 0 radical (unpaired) electrons. The second-order valence-electron chi connectivity index (χ2n) is 7.34. The Bertz CT molecular complexity index is 965. The van der Waals surface area contributed by atoms with E-state index in [1.807, 2.05) is 13.8 Å². The summed E-state index contributed by atoms with van der Waals surface area (Å²) >= 11 is 0. The Morgan fingerprint density at radius 1 is 0.654 bits per heavy atom. The molecule has 0 saturated carbocycles. The molecule has 0 bridgehead atoms. The lowest BCUT2D eigenvalue weighted by molar-refractivity contribution is 0.510. The van der Waals surface area contributed by atoms with Gasteiger partial charge in [-0.05, 0) is 86.1 Å². The fourth-order valence-electron chi connectivity index (χ4n) is 4.36. The maximum atomic E-state index is 5.75. The van der Waals surface area contributed by atoms with Crippen molar-refractivity contribution in [3.8, 4) is 0 Å². The van der Waals surface area contributed by atoms with Crippen LogP contribution in [0.25, 0.3) is 21.9 Å². The molecule has 2 heterocycles. The first-order valence-electron chi connectivity index (χ1n) is 9.59. The van der Waals surface area contributed by atoms with Crippen molar-refractivity contribution in [3.05, 3.63) is 71.2 Å². The quantitative estimate of drug-likeness (QED) is 0.374. The SMILES string of the molecule is CC[C@H](c1ccc2oc(C)cc2c1)[C@H](CC)c1ccc2oc(C)cc2c1. The maximum Gasteiger partial charge on any atom is 0.134 e. The van der Waals surface area contributed by atoms with Crippen LogP contribution in [0.5, 0.6) is 0 Å². The van der Waals surface area contributed by atoms with E-state index in [4.69, 9.17) is 8.83 Å². The molecule has 2 aromatic carbocycles. The smallest absolute Gasteiger partial charge is 0.134 e. The molecule has 4 rings (SSSR count). The van der Waals surface area contributed by atoms with Gasteiger partial charge < -0.3 is 8.83 Å². The molecule has 134 valence electrons. The van der Waals surface area contributed by atoms with Gasteiger partial charge in [0.1, 0.15) is 22.7 Å². The van der Waals surface area contributed by atoms with Crippen LogP contribution in [0, 0.1) is 13.8 Å². The molecule has 0 aliphatic carbocycles. The number of benzene rings is 2. The van der Waals surface area contributed by atoms with E-state index in [-0.39, 0.29) is 0 Å². The molecule has 0 amide bonds. The lowest BCUT2D eigenvalue weighted by Gasteiger charge is -2.26. The lowest BCUT2D eigenvalue weighted by atomic mass is 9.78. The monoisotopic (exact) mass is 346 g/mol. The third-order valence-corrected chi connectivity index (χ3v) is 5.55. The van der Waals surface area contributed by atoms with E-state index in [0.29, 0.717) is 11.8 Å². The highest BCUT2D eigenvalue weighted by atomic mass is 16.3. The number of aryl methyl sites for hydroxylation is 2. The Balaban J connectivity index is 1.75. The van der Waals surface area contributed by atoms with Crippen molar-refractivity contribution in [2.24, 2.45) is 0 Å². The van der Waals surface area contributed by atoms with Crippen LogP contribution in [-0.2, 0) is 0 Å². The second kappa shape index (κ2) is 6.68. The van der Waals surface area contributed by atoms with Crippen molar-refractivity contribution in [2.45, 2.75) is 52.4 Å². The molecular weight excluding hydrogens is 320 g/mol. The van der Waals surface area contributed by atoms with Gasteiger partial charge in [0, 0.05) is 10.8 Å². The van der Waals surface area contributed by atoms with Gasteiger partial charge in [0.2, 0.25) is 0 Å². The van der Waals surface area contributed by atoms with Gasteiger partial charge in [0.25, 0.3) is 0 Å². The zero-order valence-corrected chi connectivity index (χ0v) is 16.0. The number of hydrogen-bond acceptors (Lipinski definition) is 2. The average molecular weight is 346 g/mol. The van der Waals surface area contributed by atoms with Crippen LogP contribution < -0.4 is 0 Å². The van der Waals surface area contributed by atoms with Crippen LogP contribution in [0.15, 0.2) is 57.4 Å². The van der Waals surface area contributed by atoms with Crippen LogP contribution in [0.2, 0.25) is 0 Å². The third-order valence-electron chi connectivity index (χ3n) is 5.55. The second-order valence-corrected chi connectivity index (χ2v) is 7.34. The molecule has 2 atom stereocenters. The standard InChI is InChI=1S/C24H26O2/c1-5-21(17-7-9-23-19(13-17)11-15(3)25-23)22(6-2)18-8-10-24-20(14-18)12-16(4)26-24/h7-14,21-22H,5-6H2,1-4H3/t21-,22-/m1/s1. The van der Waals surface area contributed by atoms with Crippen molar-refractivity contribution < 1.29 is 8.83 Å². The van der Waals surface area contributed by atoms with Crippen LogP contribution in [-0.4, -0.2) is 0 Å². The van der Waals surface area contributed by atoms with E-state index in [1.54, 1.807) is 0 Å². The highest BCUT2D eigenvalue weighted by Crippen LogP contribution is 2.40. The van der Waals surface area contributed by atoms with Gasteiger partial charge in [-0.2, -0.15) is 0 Å². The predicted molar refractivity (Wildman–Crippen MR) is 108 cm³/mol. The molecule has 0 N–H and O–H groups in total. The minimum absolute atomic E-state index is 0.491. The van der Waals surface area contributed by atoms with Gasteiger partial charge in [-0.25, -0.2) is 0 Å². The van der Waals surface area contributed by atoms with Gasteiger partial charge in [-0.1, -0.05) is 26.0 Å². The molecule has 0 aliphatic heterocycles. The number of rotatable bonds is 5. The van der Waals surface area contributed by atoms with Gasteiger partial charge >= 0.3 is 0 Å². The highest BCUT2D eigenvalue weighted by molar-refractivity contribution is 5.80. The Morgan fingerprint density at radius 2 is 1.08 bits per heavy atom. The molecule has 0 saturated heterocycles. The third kappa shape index (κ3) is 2.94. The molecule has 0 spiro atoms. The van der Waals surface area contributed by atoms with Gasteiger partial charge in [0.05, 0.1) is 0 Å². The van der Waals surface area contributed by atoms with E-state index in [0.717, 1.165) is 35.5 Å². The minimum Gasteiger partial charge on any atom is -0.461 e. The first-order valence-corrected chi connectivity index (χ1v) is 9.59. The van der Waals surface area contributed by atoms with Crippen LogP contribution in [0.3, 0.4) is 0 Å². The van der Waals surface area contributed by atoms with Crippen LogP contribution >= 0.6 is 0 Å². The molecule has 4 aromatic rings. The fourth-order valence-corrected chi connectivity index (χ4v) is 4.36. The van der Waals surface area contributed by atoms with Crippen LogP contribution in [0.4, 0.5) is 0 Å². The molecular formula is C24H26O2. The summed E-state index contributed by atoms with van der Waals surface area (Å²) in [7, 11) is 0. The maximum absolute atomic E-state index is 5.75. The summed E-state index contributed by atoms with van der Waals surface area (Å²) in [5.74, 6) is 2.92. The van der Waals surface area contributed by atoms with E-state index in [9.17, 15) is 0 Å². The normalized spacial score (nSPS) is 14.2. The topological polar surface area (TPSA) is 26.3 Å². The van der Waals surface area contributed by atoms with Crippen molar-refractivity contribution in [1.29, 1.82) is 0 Å². The van der Waals surface area contributed by atoms with E-state index < -0.39 is 0 Å². The molecule has 0 fully saturated rings. The molecule has 2 heteroatoms. The average Bonchev–Trinajstić information content (AvgIpc) is 3.18. The Labute approximate surface area is 154 Å². The summed E-state index contributed by atoms with van der Waals surface area (Å²) in [4.78, 5) is 0. The zero-order chi connectivity index (χ0) is 18.3. The predicted octanol–water partition coefficient (Wildman–Crippen LogP) is 7.48. The summed E-state index contributed by atoms with van der Waals surface area (Å²) in [6.07, 6.45) is 2.23. The van der Waals surface area contributed by atoms with E-state index >= 15 is 0 Å². The van der Waals surface area contributed by atoms with Gasteiger partial charge in [-0.3, -0.25) is 0 Å². The Kier molecular flexibility index (Phi) is 4.36. The summed E-state index contributed by atoms with van der Waals surface area (Å²) < 4.78 is 11.5. The first kappa shape index (κ1) is 17.0. The molecule has 26 heavy (non-hydrogen) atoms. The zero-order valence-electron chi connectivity index (χ0n) is 16.0. The largest absolute Gasteiger partial charge is 0.461 e. The Hall–Kier alpha value is -2.48. The molecule has 2 nitrogen and oxygen atoms in total. The summed E-state index contributed by atoms with van der Waals surface area (Å²) in [6, 6.07) is 17.6. The van der Waals surface area contributed by atoms with Crippen molar-refractivity contribution in [2.75, 3.05) is 0 Å². The molecule has 2 aromatic heterocycles. The van der Waals surface area contributed by atoms with Crippen molar-refractivity contribution in [3.63, 3.8) is 0 Å². The number of fused-ring (bicyclic) bond motifs is 2.